The van der Waals surface area contributed by atoms with E-state index in [4.69, 9.17) is 4.74 Å². The van der Waals surface area contributed by atoms with Gasteiger partial charge in [-0.15, -0.1) is 0 Å². The van der Waals surface area contributed by atoms with Crippen LogP contribution >= 0.6 is 0 Å². The molecule has 0 bridgehead atoms. The molecule has 0 aliphatic heterocycles. The number of anilines is 1. The molecule has 4 rings (SSSR count). The van der Waals surface area contributed by atoms with Crippen LogP contribution in [0, 0.1) is 13.8 Å². The van der Waals surface area contributed by atoms with Crippen LogP contribution < -0.4 is 14.8 Å². The van der Waals surface area contributed by atoms with Gasteiger partial charge in [0.15, 0.2) is 0 Å². The van der Waals surface area contributed by atoms with Gasteiger partial charge in [-0.25, -0.2) is 13.1 Å². The number of ether oxygens (including phenoxy) is 1. The number of methoxy groups -OCH3 is 1. The van der Waals surface area contributed by atoms with Crippen molar-refractivity contribution in [2.24, 2.45) is 0 Å². The minimum atomic E-state index is -3.76. The van der Waals surface area contributed by atoms with E-state index in [9.17, 15) is 13.2 Å². The van der Waals surface area contributed by atoms with Gasteiger partial charge in [0.25, 0.3) is 0 Å². The largest absolute Gasteiger partial charge is 0.497 e. The molecular weight excluding hydrogens is 486 g/mol. The van der Waals surface area contributed by atoms with Gasteiger partial charge in [-0.3, -0.25) is 9.78 Å². The maximum atomic E-state index is 12.8. The van der Waals surface area contributed by atoms with Gasteiger partial charge in [0.05, 0.1) is 17.7 Å². The van der Waals surface area contributed by atoms with Crippen LogP contribution in [0.25, 0.3) is 22.4 Å². The Morgan fingerprint density at radius 1 is 0.865 bits per heavy atom. The molecule has 0 saturated heterocycles. The van der Waals surface area contributed by atoms with Gasteiger partial charge in [-0.2, -0.15) is 0 Å². The molecule has 0 atom stereocenters. The average Bonchev–Trinajstić information content (AvgIpc) is 2.89. The molecular formula is C29H29N3O4S. The van der Waals surface area contributed by atoms with Gasteiger partial charge >= 0.3 is 0 Å². The minimum Gasteiger partial charge on any atom is -0.497 e. The van der Waals surface area contributed by atoms with Gasteiger partial charge in [0.1, 0.15) is 5.75 Å². The molecule has 4 aromatic rings. The van der Waals surface area contributed by atoms with Crippen molar-refractivity contribution in [2.75, 3.05) is 19.0 Å². The van der Waals surface area contributed by atoms with Gasteiger partial charge in [0, 0.05) is 30.4 Å². The predicted octanol–water partition coefficient (Wildman–Crippen LogP) is 5.35. The number of nitrogens with one attached hydrogen (secondary N) is 2. The van der Waals surface area contributed by atoms with Crippen molar-refractivity contribution in [3.05, 3.63) is 96.2 Å². The zero-order valence-corrected chi connectivity index (χ0v) is 21.8. The molecule has 0 unspecified atom stereocenters. The van der Waals surface area contributed by atoms with E-state index in [2.05, 4.69) is 15.0 Å². The van der Waals surface area contributed by atoms with E-state index in [1.807, 2.05) is 66.7 Å². The summed E-state index contributed by atoms with van der Waals surface area (Å²) in [5.41, 5.74) is 5.84. The molecule has 0 aliphatic carbocycles. The average molecular weight is 516 g/mol. The monoisotopic (exact) mass is 515 g/mol. The molecule has 0 aliphatic rings. The molecule has 0 fully saturated rings. The highest BCUT2D eigenvalue weighted by Gasteiger charge is 2.20. The van der Waals surface area contributed by atoms with Crippen LogP contribution in [0.1, 0.15) is 17.5 Å². The summed E-state index contributed by atoms with van der Waals surface area (Å²) in [5.74, 6) is 0.319. The van der Waals surface area contributed by atoms with Crippen molar-refractivity contribution >= 4 is 21.6 Å². The molecule has 37 heavy (non-hydrogen) atoms. The minimum absolute atomic E-state index is 0.00418. The van der Waals surface area contributed by atoms with Crippen molar-refractivity contribution < 1.29 is 17.9 Å². The summed E-state index contributed by atoms with van der Waals surface area (Å²) in [5, 5.41) is 2.82. The van der Waals surface area contributed by atoms with Crippen LogP contribution in [0.5, 0.6) is 5.75 Å². The lowest BCUT2D eigenvalue weighted by molar-refractivity contribution is -0.116. The Kier molecular flexibility index (Phi) is 8.01. The summed E-state index contributed by atoms with van der Waals surface area (Å²) < 4.78 is 33.3. The molecule has 190 valence electrons. The molecule has 1 aromatic heterocycles. The van der Waals surface area contributed by atoms with Crippen LogP contribution in [0.2, 0.25) is 0 Å². The normalized spacial score (nSPS) is 11.2. The maximum Gasteiger partial charge on any atom is 0.241 e. The third kappa shape index (κ3) is 6.41. The maximum absolute atomic E-state index is 12.8. The summed E-state index contributed by atoms with van der Waals surface area (Å²) >= 11 is 0. The topological polar surface area (TPSA) is 97.4 Å². The van der Waals surface area contributed by atoms with Crippen LogP contribution in [0.4, 0.5) is 5.69 Å². The van der Waals surface area contributed by atoms with Crippen molar-refractivity contribution in [3.8, 4) is 28.1 Å². The second-order valence-electron chi connectivity index (χ2n) is 8.66. The molecule has 2 N–H and O–H groups in total. The smallest absolute Gasteiger partial charge is 0.241 e. The number of carbonyl (C=O) groups excluding carboxylic acids is 1. The highest BCUT2D eigenvalue weighted by atomic mass is 32.2. The third-order valence-electron chi connectivity index (χ3n) is 5.93. The number of nitrogens with zero attached hydrogens (tertiary/aromatic N) is 1. The molecule has 0 saturated carbocycles. The zero-order chi connectivity index (χ0) is 26.4. The van der Waals surface area contributed by atoms with Crippen LogP contribution in [-0.4, -0.2) is 33.0 Å². The first kappa shape index (κ1) is 26.1. The molecule has 1 heterocycles. The predicted molar refractivity (Wildman–Crippen MR) is 146 cm³/mol. The van der Waals surface area contributed by atoms with Gasteiger partial charge in [0.2, 0.25) is 15.9 Å². The van der Waals surface area contributed by atoms with Crippen LogP contribution in [-0.2, 0) is 14.8 Å². The van der Waals surface area contributed by atoms with E-state index >= 15 is 0 Å². The third-order valence-corrected chi connectivity index (χ3v) is 7.70. The lowest BCUT2D eigenvalue weighted by atomic mass is 10.0. The number of carbonyl (C=O) groups is 1. The Morgan fingerprint density at radius 3 is 2.03 bits per heavy atom. The first-order chi connectivity index (χ1) is 17.8. The number of sulfonamides is 1. The van der Waals surface area contributed by atoms with E-state index in [1.54, 1.807) is 32.2 Å². The first-order valence-electron chi connectivity index (χ1n) is 11.8. The zero-order valence-electron chi connectivity index (χ0n) is 21.0. The molecule has 0 radical (unpaired) electrons. The second-order valence-corrected chi connectivity index (χ2v) is 10.4. The Morgan fingerprint density at radius 2 is 1.46 bits per heavy atom. The molecule has 8 heteroatoms. The number of hydrogen-bond donors (Lipinski definition) is 2. The summed E-state index contributed by atoms with van der Waals surface area (Å²) in [4.78, 5) is 17.0. The van der Waals surface area contributed by atoms with Crippen molar-refractivity contribution in [3.63, 3.8) is 0 Å². The number of aryl methyl sites for hydroxylation is 2. The lowest BCUT2D eigenvalue weighted by Gasteiger charge is -2.14. The molecule has 3 aromatic carbocycles. The fourth-order valence-corrected chi connectivity index (χ4v) is 5.64. The number of aromatic nitrogens is 1. The van der Waals surface area contributed by atoms with E-state index < -0.39 is 10.0 Å². The highest BCUT2D eigenvalue weighted by Crippen LogP contribution is 2.26. The Bertz CT molecular complexity index is 1460. The Hall–Kier alpha value is -4.01. The number of rotatable bonds is 9. The molecule has 1 amide bonds. The van der Waals surface area contributed by atoms with Gasteiger partial charge < -0.3 is 10.1 Å². The van der Waals surface area contributed by atoms with E-state index in [-0.39, 0.29) is 23.8 Å². The molecule has 0 spiro atoms. The quantitative estimate of drug-likeness (QED) is 0.313. The van der Waals surface area contributed by atoms with Crippen molar-refractivity contribution in [2.45, 2.75) is 25.2 Å². The van der Waals surface area contributed by atoms with Gasteiger partial charge in [-0.05, 0) is 72.5 Å². The fourth-order valence-electron chi connectivity index (χ4n) is 4.16. The highest BCUT2D eigenvalue weighted by molar-refractivity contribution is 7.89. The van der Waals surface area contributed by atoms with Gasteiger partial charge in [-0.1, -0.05) is 42.5 Å². The number of pyridine rings is 1. The second kappa shape index (κ2) is 11.4. The Labute approximate surface area is 217 Å². The van der Waals surface area contributed by atoms with Crippen molar-refractivity contribution in [1.29, 1.82) is 0 Å². The fraction of sp³-hybridized carbons (Fsp3) is 0.172. The number of amides is 1. The first-order valence-corrected chi connectivity index (χ1v) is 13.3. The Balaban J connectivity index is 1.32. The van der Waals surface area contributed by atoms with E-state index in [1.165, 1.54) is 7.11 Å². The van der Waals surface area contributed by atoms with Crippen LogP contribution in [0.3, 0.4) is 0 Å². The summed E-state index contributed by atoms with van der Waals surface area (Å²) in [6.45, 7) is 3.42. The summed E-state index contributed by atoms with van der Waals surface area (Å²) in [7, 11) is -2.23. The van der Waals surface area contributed by atoms with E-state index in [0.29, 0.717) is 22.6 Å². The summed E-state index contributed by atoms with van der Waals surface area (Å²) in [6.07, 6.45) is 1.78. The molecule has 7 nitrogen and oxygen atoms in total. The SMILES string of the molecule is COc1cc(C)c(S(=O)(=O)NCCC(=O)Nc2ccc(-c3ccc(-c4ccccn4)cc3)cc2)c(C)c1. The van der Waals surface area contributed by atoms with E-state index in [0.717, 1.165) is 22.4 Å². The number of hydrogen-bond acceptors (Lipinski definition) is 5. The van der Waals surface area contributed by atoms with Crippen LogP contribution in [0.15, 0.2) is 90.0 Å². The summed E-state index contributed by atoms with van der Waals surface area (Å²) in [6, 6.07) is 24.8. The lowest BCUT2D eigenvalue weighted by Crippen LogP contribution is -2.29. The van der Waals surface area contributed by atoms with Crippen molar-refractivity contribution in [1.82, 2.24) is 9.71 Å². The number of benzene rings is 3. The standard InChI is InChI=1S/C29H29N3O4S/c1-20-18-26(36-3)19-21(2)29(20)37(34,35)31-17-15-28(33)32-25-13-11-23(12-14-25)22-7-9-24(10-8-22)27-6-4-5-16-30-27/h4-14,16,18-19,31H,15,17H2,1-3H3,(H,32,33).